The molecule has 1 aromatic rings. The van der Waals surface area contributed by atoms with Crippen LogP contribution in [0.1, 0.15) is 31.0 Å². The third-order valence-electron chi connectivity index (χ3n) is 1.92. The summed E-state index contributed by atoms with van der Waals surface area (Å²) in [4.78, 5) is 4.32. The topological polar surface area (TPSA) is 48.1 Å². The molecule has 0 aliphatic rings. The van der Waals surface area contributed by atoms with Crippen molar-refractivity contribution in [2.75, 3.05) is 7.11 Å². The van der Waals surface area contributed by atoms with Gasteiger partial charge in [0.2, 0.25) is 5.88 Å². The Morgan fingerprint density at radius 1 is 1.46 bits per heavy atom. The Balaban J connectivity index is 3.07. The number of hydrogen-bond donors (Lipinski definition) is 1. The first-order valence-electron chi connectivity index (χ1n) is 4.42. The maximum atomic E-state index is 5.56. The molecule has 0 aliphatic heterocycles. The Morgan fingerprint density at radius 2 is 2.15 bits per heavy atom. The highest BCUT2D eigenvalue weighted by Gasteiger charge is 2.05. The molecule has 0 unspecified atom stereocenters. The predicted octanol–water partition coefficient (Wildman–Crippen LogP) is 1.67. The molecule has 1 heterocycles. The highest BCUT2D eigenvalue weighted by molar-refractivity contribution is 5.26. The van der Waals surface area contributed by atoms with Crippen molar-refractivity contribution in [3.05, 3.63) is 23.4 Å². The highest BCUT2D eigenvalue weighted by Crippen LogP contribution is 2.18. The van der Waals surface area contributed by atoms with E-state index in [0.29, 0.717) is 18.3 Å². The second-order valence-corrected chi connectivity index (χ2v) is 3.30. The summed E-state index contributed by atoms with van der Waals surface area (Å²) in [5, 5.41) is 0. The van der Waals surface area contributed by atoms with Gasteiger partial charge in [-0.15, -0.1) is 0 Å². The molecule has 0 saturated heterocycles. The van der Waals surface area contributed by atoms with Crippen LogP contribution in [-0.2, 0) is 6.54 Å². The molecule has 0 fully saturated rings. The van der Waals surface area contributed by atoms with Gasteiger partial charge in [0.05, 0.1) is 7.11 Å². The van der Waals surface area contributed by atoms with E-state index in [-0.39, 0.29) is 0 Å². The van der Waals surface area contributed by atoms with Crippen LogP contribution in [0.4, 0.5) is 0 Å². The maximum Gasteiger partial charge on any atom is 0.213 e. The maximum absolute atomic E-state index is 5.56. The number of nitrogens with zero attached hydrogens (tertiary/aromatic N) is 1. The molecule has 0 aromatic carbocycles. The van der Waals surface area contributed by atoms with Crippen molar-refractivity contribution >= 4 is 0 Å². The summed E-state index contributed by atoms with van der Waals surface area (Å²) in [6, 6.07) is 3.89. The molecule has 3 heteroatoms. The largest absolute Gasteiger partial charge is 0.481 e. The van der Waals surface area contributed by atoms with Crippen LogP contribution in [0.2, 0.25) is 0 Å². The minimum absolute atomic E-state index is 0.403. The Kier molecular flexibility index (Phi) is 3.25. The fourth-order valence-electron chi connectivity index (χ4n) is 1.10. The molecule has 0 spiro atoms. The van der Waals surface area contributed by atoms with E-state index in [9.17, 15) is 0 Å². The lowest BCUT2D eigenvalue weighted by molar-refractivity contribution is 0.395. The molecule has 72 valence electrons. The zero-order chi connectivity index (χ0) is 9.84. The molecule has 0 radical (unpaired) electrons. The van der Waals surface area contributed by atoms with E-state index in [4.69, 9.17) is 10.5 Å². The van der Waals surface area contributed by atoms with Gasteiger partial charge in [-0.25, -0.2) is 4.98 Å². The number of pyridine rings is 1. The summed E-state index contributed by atoms with van der Waals surface area (Å²) >= 11 is 0. The van der Waals surface area contributed by atoms with Crippen LogP contribution in [0.25, 0.3) is 0 Å². The van der Waals surface area contributed by atoms with E-state index in [1.807, 2.05) is 12.1 Å². The SMILES string of the molecule is COc1cc(CN)cc(C(C)C)n1. The second-order valence-electron chi connectivity index (χ2n) is 3.30. The Hall–Kier alpha value is -1.09. The van der Waals surface area contributed by atoms with E-state index in [0.717, 1.165) is 11.3 Å². The van der Waals surface area contributed by atoms with Gasteiger partial charge >= 0.3 is 0 Å². The number of aromatic nitrogens is 1. The molecule has 13 heavy (non-hydrogen) atoms. The summed E-state index contributed by atoms with van der Waals surface area (Å²) < 4.78 is 5.08. The van der Waals surface area contributed by atoms with Gasteiger partial charge in [-0.2, -0.15) is 0 Å². The van der Waals surface area contributed by atoms with Crippen LogP contribution in [0.15, 0.2) is 12.1 Å². The second kappa shape index (κ2) is 4.23. The lowest BCUT2D eigenvalue weighted by Crippen LogP contribution is -2.02. The molecule has 0 amide bonds. The summed E-state index contributed by atoms with van der Waals surface area (Å²) in [5.41, 5.74) is 7.65. The van der Waals surface area contributed by atoms with Crippen molar-refractivity contribution < 1.29 is 4.74 Å². The first kappa shape index (κ1) is 9.99. The normalized spacial score (nSPS) is 10.5. The van der Waals surface area contributed by atoms with E-state index >= 15 is 0 Å². The van der Waals surface area contributed by atoms with Crippen LogP contribution in [0.5, 0.6) is 5.88 Å². The van der Waals surface area contributed by atoms with Crippen molar-refractivity contribution in [1.82, 2.24) is 4.98 Å². The molecule has 0 bridgehead atoms. The predicted molar refractivity (Wildman–Crippen MR) is 52.8 cm³/mol. The van der Waals surface area contributed by atoms with Crippen molar-refractivity contribution in [1.29, 1.82) is 0 Å². The lowest BCUT2D eigenvalue weighted by atomic mass is 10.1. The first-order valence-corrected chi connectivity index (χ1v) is 4.42. The van der Waals surface area contributed by atoms with Crippen LogP contribution < -0.4 is 10.5 Å². The van der Waals surface area contributed by atoms with Crippen LogP contribution in [-0.4, -0.2) is 12.1 Å². The van der Waals surface area contributed by atoms with Crippen molar-refractivity contribution in [3.63, 3.8) is 0 Å². The van der Waals surface area contributed by atoms with Gasteiger partial charge in [-0.3, -0.25) is 0 Å². The Bertz CT molecular complexity index is 262. The fourth-order valence-corrected chi connectivity index (χ4v) is 1.10. The third-order valence-corrected chi connectivity index (χ3v) is 1.92. The molecule has 0 saturated carbocycles. The minimum Gasteiger partial charge on any atom is -0.481 e. The lowest BCUT2D eigenvalue weighted by Gasteiger charge is -2.08. The van der Waals surface area contributed by atoms with E-state index < -0.39 is 0 Å². The fraction of sp³-hybridized carbons (Fsp3) is 0.500. The van der Waals surface area contributed by atoms with Gasteiger partial charge in [0.25, 0.3) is 0 Å². The van der Waals surface area contributed by atoms with Crippen molar-refractivity contribution in [2.24, 2.45) is 5.73 Å². The standard InChI is InChI=1S/C10H16N2O/c1-7(2)9-4-8(6-11)5-10(12-9)13-3/h4-5,7H,6,11H2,1-3H3. The zero-order valence-electron chi connectivity index (χ0n) is 8.37. The number of methoxy groups -OCH3 is 1. The zero-order valence-corrected chi connectivity index (χ0v) is 8.37. The number of ether oxygens (including phenoxy) is 1. The molecule has 1 rings (SSSR count). The van der Waals surface area contributed by atoms with Gasteiger partial charge in [-0.1, -0.05) is 13.8 Å². The van der Waals surface area contributed by atoms with Crippen LogP contribution in [0.3, 0.4) is 0 Å². The molecule has 0 atom stereocenters. The smallest absolute Gasteiger partial charge is 0.213 e. The van der Waals surface area contributed by atoms with Crippen LogP contribution in [0, 0.1) is 0 Å². The molecular weight excluding hydrogens is 164 g/mol. The van der Waals surface area contributed by atoms with E-state index in [1.54, 1.807) is 7.11 Å². The van der Waals surface area contributed by atoms with E-state index in [1.165, 1.54) is 0 Å². The Labute approximate surface area is 78.9 Å². The Morgan fingerprint density at radius 3 is 2.62 bits per heavy atom. The van der Waals surface area contributed by atoms with Crippen molar-refractivity contribution in [2.45, 2.75) is 26.3 Å². The molecule has 2 N–H and O–H groups in total. The molecular formula is C10H16N2O. The average Bonchev–Trinajstić information content (AvgIpc) is 2.16. The molecule has 0 aliphatic carbocycles. The highest BCUT2D eigenvalue weighted by atomic mass is 16.5. The third kappa shape index (κ3) is 2.42. The summed E-state index contributed by atoms with van der Waals surface area (Å²) in [7, 11) is 1.62. The minimum atomic E-state index is 0.403. The van der Waals surface area contributed by atoms with Gasteiger partial charge < -0.3 is 10.5 Å². The number of hydrogen-bond acceptors (Lipinski definition) is 3. The van der Waals surface area contributed by atoms with Gasteiger partial charge in [0.1, 0.15) is 0 Å². The first-order chi connectivity index (χ1) is 6.17. The van der Waals surface area contributed by atoms with Crippen molar-refractivity contribution in [3.8, 4) is 5.88 Å². The average molecular weight is 180 g/mol. The quantitative estimate of drug-likeness (QED) is 0.769. The molecule has 1 aromatic heterocycles. The van der Waals surface area contributed by atoms with Gasteiger partial charge in [0.15, 0.2) is 0 Å². The van der Waals surface area contributed by atoms with Crippen LogP contribution >= 0.6 is 0 Å². The summed E-state index contributed by atoms with van der Waals surface area (Å²) in [6.07, 6.45) is 0. The van der Waals surface area contributed by atoms with E-state index in [2.05, 4.69) is 18.8 Å². The van der Waals surface area contributed by atoms with Gasteiger partial charge in [-0.05, 0) is 17.5 Å². The van der Waals surface area contributed by atoms with Gasteiger partial charge in [0, 0.05) is 18.3 Å². The molecule has 3 nitrogen and oxygen atoms in total. The summed E-state index contributed by atoms with van der Waals surface area (Å²) in [5.74, 6) is 1.05. The number of rotatable bonds is 3. The number of nitrogens with two attached hydrogens (primary N) is 1. The monoisotopic (exact) mass is 180 g/mol. The summed E-state index contributed by atoms with van der Waals surface area (Å²) in [6.45, 7) is 4.72.